The van der Waals surface area contributed by atoms with Crippen LogP contribution in [0.25, 0.3) is 11.1 Å². The molecule has 4 nitrogen and oxygen atoms in total. The average molecular weight is 512 g/mol. The molecule has 0 amide bonds. The minimum Gasteiger partial charge on any atom is -0.392 e. The van der Waals surface area contributed by atoms with E-state index in [0.717, 1.165) is 39.1 Å². The fourth-order valence-corrected chi connectivity index (χ4v) is 5.84. The second-order valence-corrected chi connectivity index (χ2v) is 10.6. The third-order valence-corrected chi connectivity index (χ3v) is 8.04. The number of hydrogen-bond acceptors (Lipinski definition) is 5. The zero-order chi connectivity index (χ0) is 25.6. The topological polar surface area (TPSA) is 64.7 Å². The number of hydrogen-bond donors (Lipinski definition) is 2. The molecule has 0 saturated carbocycles. The first-order valence-corrected chi connectivity index (χ1v) is 13.7. The van der Waals surface area contributed by atoms with Crippen molar-refractivity contribution in [3.8, 4) is 11.1 Å². The maximum Gasteiger partial charge on any atom is 0.184 e. The van der Waals surface area contributed by atoms with Crippen LogP contribution in [-0.2, 0) is 22.6 Å². The van der Waals surface area contributed by atoms with E-state index in [1.807, 2.05) is 42.1 Å². The minimum atomic E-state index is -0.488. The molecule has 3 N–H and O–H groups in total. The highest BCUT2D eigenvalue weighted by Gasteiger charge is 2.38. The summed E-state index contributed by atoms with van der Waals surface area (Å²) < 4.78 is 13.3. The molecule has 0 unspecified atom stereocenters. The van der Waals surface area contributed by atoms with Crippen molar-refractivity contribution in [2.75, 3.05) is 5.75 Å². The Kier molecular flexibility index (Phi) is 8.39. The molecular formula is C32H33NO3S. The molecule has 0 aromatic heterocycles. The molecule has 0 radical (unpaired) electrons. The van der Waals surface area contributed by atoms with E-state index in [1.165, 1.54) is 4.90 Å². The van der Waals surface area contributed by atoms with Crippen molar-refractivity contribution in [2.24, 2.45) is 11.7 Å². The molecular weight excluding hydrogens is 478 g/mol. The molecule has 4 aromatic rings. The highest BCUT2D eigenvalue weighted by Crippen LogP contribution is 2.43. The predicted octanol–water partition coefficient (Wildman–Crippen LogP) is 6.89. The van der Waals surface area contributed by atoms with Crippen LogP contribution in [0, 0.1) is 5.92 Å². The van der Waals surface area contributed by atoms with Gasteiger partial charge in [-0.15, -0.1) is 11.8 Å². The van der Waals surface area contributed by atoms with E-state index in [1.54, 1.807) is 0 Å². The van der Waals surface area contributed by atoms with Crippen molar-refractivity contribution in [3.05, 3.63) is 125 Å². The van der Waals surface area contributed by atoms with E-state index in [2.05, 4.69) is 79.7 Å². The lowest BCUT2D eigenvalue weighted by Gasteiger charge is -2.41. The van der Waals surface area contributed by atoms with Gasteiger partial charge in [-0.25, -0.2) is 0 Å². The van der Waals surface area contributed by atoms with Crippen molar-refractivity contribution >= 4 is 11.8 Å². The smallest absolute Gasteiger partial charge is 0.184 e. The summed E-state index contributed by atoms with van der Waals surface area (Å²) in [6.45, 7) is 2.74. The SMILES string of the molecule is C[C@@H]1[C@H](CSc2ccccc2)O[C@H](c2cccc(-c3cccc(CN)c3)c2)O[C@@H]1c1ccc(CO)cc1. The van der Waals surface area contributed by atoms with Crippen LogP contribution in [0.5, 0.6) is 0 Å². The number of aliphatic hydroxyl groups excluding tert-OH is 1. The first-order chi connectivity index (χ1) is 18.1. The number of rotatable bonds is 8. The van der Waals surface area contributed by atoms with E-state index in [-0.39, 0.29) is 24.7 Å². The maximum absolute atomic E-state index is 9.49. The normalized spacial score (nSPS) is 21.6. The van der Waals surface area contributed by atoms with Gasteiger partial charge in [0, 0.05) is 28.7 Å². The van der Waals surface area contributed by atoms with Crippen LogP contribution in [0.2, 0.25) is 0 Å². The van der Waals surface area contributed by atoms with Crippen LogP contribution < -0.4 is 5.73 Å². The van der Waals surface area contributed by atoms with Crippen molar-refractivity contribution in [3.63, 3.8) is 0 Å². The van der Waals surface area contributed by atoms with Gasteiger partial charge < -0.3 is 20.3 Å². The number of aliphatic hydroxyl groups is 1. The van der Waals surface area contributed by atoms with Gasteiger partial charge in [0.15, 0.2) is 6.29 Å². The highest BCUT2D eigenvalue weighted by atomic mass is 32.2. The molecule has 190 valence electrons. The van der Waals surface area contributed by atoms with Gasteiger partial charge >= 0.3 is 0 Å². The number of nitrogens with two attached hydrogens (primary N) is 1. The number of thioether (sulfide) groups is 1. The van der Waals surface area contributed by atoms with Gasteiger partial charge in [0.1, 0.15) is 0 Å². The molecule has 0 spiro atoms. The summed E-state index contributed by atoms with van der Waals surface area (Å²) in [6, 6.07) is 35.2. The Morgan fingerprint density at radius 3 is 2.22 bits per heavy atom. The quantitative estimate of drug-likeness (QED) is 0.252. The fourth-order valence-electron chi connectivity index (χ4n) is 4.75. The zero-order valence-electron chi connectivity index (χ0n) is 21.0. The summed E-state index contributed by atoms with van der Waals surface area (Å²) in [7, 11) is 0. The Hall–Kier alpha value is -2.93. The monoisotopic (exact) mass is 511 g/mol. The van der Waals surface area contributed by atoms with Gasteiger partial charge in [0.05, 0.1) is 18.8 Å². The second kappa shape index (κ2) is 12.1. The lowest BCUT2D eigenvalue weighted by Crippen LogP contribution is -2.38. The van der Waals surface area contributed by atoms with E-state index < -0.39 is 6.29 Å². The van der Waals surface area contributed by atoms with E-state index >= 15 is 0 Å². The van der Waals surface area contributed by atoms with Gasteiger partial charge in [0.25, 0.3) is 0 Å². The largest absolute Gasteiger partial charge is 0.392 e. The lowest BCUT2D eigenvalue weighted by molar-refractivity contribution is -0.268. The van der Waals surface area contributed by atoms with Crippen LogP contribution in [0.3, 0.4) is 0 Å². The van der Waals surface area contributed by atoms with E-state index in [4.69, 9.17) is 15.2 Å². The van der Waals surface area contributed by atoms with E-state index in [9.17, 15) is 5.11 Å². The van der Waals surface area contributed by atoms with Crippen molar-refractivity contribution < 1.29 is 14.6 Å². The third kappa shape index (κ3) is 6.15. The average Bonchev–Trinajstić information content (AvgIpc) is 2.97. The van der Waals surface area contributed by atoms with E-state index in [0.29, 0.717) is 6.54 Å². The Bertz CT molecular complexity index is 1290. The van der Waals surface area contributed by atoms with Gasteiger partial charge in [-0.2, -0.15) is 0 Å². The molecule has 4 aromatic carbocycles. The van der Waals surface area contributed by atoms with Gasteiger partial charge in [0.2, 0.25) is 0 Å². The molecule has 0 bridgehead atoms. The molecule has 0 aliphatic carbocycles. The summed E-state index contributed by atoms with van der Waals surface area (Å²) >= 11 is 1.81. The predicted molar refractivity (Wildman–Crippen MR) is 150 cm³/mol. The Morgan fingerprint density at radius 1 is 0.757 bits per heavy atom. The van der Waals surface area contributed by atoms with Gasteiger partial charge in [-0.1, -0.05) is 85.8 Å². The standard InChI is InChI=1S/C32H33NO3S/c1-22-30(21-37-29-11-3-2-4-12-29)35-32(36-31(22)25-15-13-23(20-34)14-16-25)28-10-6-9-27(18-28)26-8-5-7-24(17-26)19-33/h2-18,22,30-32,34H,19-21,33H2,1H3/t22-,30+,31+,32+/m1/s1. The van der Waals surface area contributed by atoms with Gasteiger partial charge in [-0.05, 0) is 52.1 Å². The number of benzene rings is 4. The van der Waals surface area contributed by atoms with Gasteiger partial charge in [-0.3, -0.25) is 0 Å². The second-order valence-electron chi connectivity index (χ2n) is 9.48. The van der Waals surface area contributed by atoms with Crippen LogP contribution in [0.1, 0.15) is 41.6 Å². The van der Waals surface area contributed by atoms with Crippen LogP contribution in [0.4, 0.5) is 0 Å². The zero-order valence-corrected chi connectivity index (χ0v) is 21.8. The maximum atomic E-state index is 9.49. The lowest BCUT2D eigenvalue weighted by atomic mass is 9.91. The van der Waals surface area contributed by atoms with Crippen LogP contribution in [-0.4, -0.2) is 17.0 Å². The minimum absolute atomic E-state index is 0.00398. The summed E-state index contributed by atoms with van der Waals surface area (Å²) in [5.41, 5.74) is 12.2. The summed E-state index contributed by atoms with van der Waals surface area (Å²) in [4.78, 5) is 1.23. The summed E-state index contributed by atoms with van der Waals surface area (Å²) in [6.07, 6.45) is -0.620. The Balaban J connectivity index is 1.44. The summed E-state index contributed by atoms with van der Waals surface area (Å²) in [5, 5.41) is 9.49. The van der Waals surface area contributed by atoms with Crippen molar-refractivity contribution in [1.29, 1.82) is 0 Å². The number of ether oxygens (including phenoxy) is 2. The first kappa shape index (κ1) is 25.7. The molecule has 1 aliphatic heterocycles. The molecule has 37 heavy (non-hydrogen) atoms. The van der Waals surface area contributed by atoms with Crippen LogP contribution >= 0.6 is 11.8 Å². The Labute approximate surface area is 223 Å². The molecule has 4 atom stereocenters. The molecule has 1 heterocycles. The highest BCUT2D eigenvalue weighted by molar-refractivity contribution is 7.99. The first-order valence-electron chi connectivity index (χ1n) is 12.7. The summed E-state index contributed by atoms with van der Waals surface area (Å²) in [5.74, 6) is 0.978. The molecule has 5 rings (SSSR count). The third-order valence-electron chi connectivity index (χ3n) is 6.94. The molecule has 1 saturated heterocycles. The van der Waals surface area contributed by atoms with Crippen molar-refractivity contribution in [1.82, 2.24) is 0 Å². The molecule has 1 aliphatic rings. The molecule has 5 heteroatoms. The molecule has 1 fully saturated rings. The van der Waals surface area contributed by atoms with Crippen molar-refractivity contribution in [2.45, 2.75) is 43.5 Å². The van der Waals surface area contributed by atoms with Crippen LogP contribution in [0.15, 0.2) is 108 Å². The Morgan fingerprint density at radius 2 is 1.49 bits per heavy atom. The fraction of sp³-hybridized carbons (Fsp3) is 0.250.